The van der Waals surface area contributed by atoms with Gasteiger partial charge in [0.05, 0.1) is 22.2 Å². The average Bonchev–Trinajstić information content (AvgIpc) is 2.90. The lowest BCUT2D eigenvalue weighted by Crippen LogP contribution is -2.23. The summed E-state index contributed by atoms with van der Waals surface area (Å²) >= 11 is 7.21. The summed E-state index contributed by atoms with van der Waals surface area (Å²) in [5, 5.41) is 8.86. The van der Waals surface area contributed by atoms with Crippen LogP contribution in [0.3, 0.4) is 0 Å². The summed E-state index contributed by atoms with van der Waals surface area (Å²) in [4.78, 5) is 4.54. The summed E-state index contributed by atoms with van der Waals surface area (Å²) in [6.07, 6.45) is 1.58. The van der Waals surface area contributed by atoms with Crippen LogP contribution in [0.1, 0.15) is 10.4 Å². The Balaban J connectivity index is 2.27. The molecule has 0 saturated carbocycles. The molecule has 1 N–H and O–H groups in total. The Bertz CT molecular complexity index is 721. The number of thiazole rings is 1. The maximum Gasteiger partial charge on any atom is 0.242 e. The molecule has 0 fully saturated rings. The zero-order valence-electron chi connectivity index (χ0n) is 9.50. The molecule has 0 unspecified atom stereocenters. The molecule has 0 aliphatic heterocycles. The van der Waals surface area contributed by atoms with Gasteiger partial charge in [-0.25, -0.2) is 13.1 Å². The number of hydrogen-bond donors (Lipinski definition) is 1. The van der Waals surface area contributed by atoms with Crippen molar-refractivity contribution in [2.75, 3.05) is 0 Å². The van der Waals surface area contributed by atoms with E-state index in [-0.39, 0.29) is 22.0 Å². The van der Waals surface area contributed by atoms with E-state index in [9.17, 15) is 8.42 Å². The molecule has 0 aliphatic carbocycles. The van der Waals surface area contributed by atoms with Crippen molar-refractivity contribution in [2.45, 2.75) is 11.4 Å². The fraction of sp³-hybridized carbons (Fsp3) is 0.0909. The van der Waals surface area contributed by atoms with Gasteiger partial charge in [-0.05, 0) is 18.2 Å². The van der Waals surface area contributed by atoms with E-state index in [2.05, 4.69) is 9.71 Å². The molecule has 0 radical (unpaired) electrons. The van der Waals surface area contributed by atoms with Crippen LogP contribution >= 0.6 is 22.9 Å². The number of rotatable bonds is 4. The van der Waals surface area contributed by atoms with Crippen LogP contribution < -0.4 is 4.72 Å². The molecule has 0 bridgehead atoms. The van der Waals surface area contributed by atoms with Gasteiger partial charge in [0.1, 0.15) is 4.90 Å². The minimum Gasteiger partial charge on any atom is -0.253 e. The molecule has 98 valence electrons. The van der Waals surface area contributed by atoms with E-state index in [1.54, 1.807) is 11.7 Å². The van der Waals surface area contributed by atoms with Gasteiger partial charge in [-0.2, -0.15) is 5.26 Å². The topological polar surface area (TPSA) is 82.8 Å². The highest BCUT2D eigenvalue weighted by Crippen LogP contribution is 2.22. The number of hydrogen-bond acceptors (Lipinski definition) is 5. The van der Waals surface area contributed by atoms with E-state index in [1.807, 2.05) is 6.07 Å². The van der Waals surface area contributed by atoms with Gasteiger partial charge < -0.3 is 0 Å². The molecule has 0 amide bonds. The third-order valence-corrected chi connectivity index (χ3v) is 4.93. The van der Waals surface area contributed by atoms with Crippen LogP contribution in [0.2, 0.25) is 5.02 Å². The van der Waals surface area contributed by atoms with Gasteiger partial charge in [0.15, 0.2) is 0 Å². The predicted molar refractivity (Wildman–Crippen MR) is 72.3 cm³/mol. The average molecular weight is 314 g/mol. The van der Waals surface area contributed by atoms with Crippen molar-refractivity contribution in [3.05, 3.63) is 45.4 Å². The smallest absolute Gasteiger partial charge is 0.242 e. The Kier molecular flexibility index (Phi) is 4.17. The lowest BCUT2D eigenvalue weighted by molar-refractivity contribution is 0.582. The second-order valence-electron chi connectivity index (χ2n) is 3.55. The van der Waals surface area contributed by atoms with Gasteiger partial charge >= 0.3 is 0 Å². The standard InChI is InChI=1S/C11H8ClN3O2S2/c12-10-2-1-8(4-13)3-11(10)19(16,17)15-6-9-5-14-7-18-9/h1-3,5,7,15H,6H2. The van der Waals surface area contributed by atoms with Crippen LogP contribution in [0.5, 0.6) is 0 Å². The lowest BCUT2D eigenvalue weighted by Gasteiger charge is -2.07. The first kappa shape index (κ1) is 14.0. The Morgan fingerprint density at radius 3 is 2.89 bits per heavy atom. The minimum atomic E-state index is -3.75. The van der Waals surface area contributed by atoms with E-state index in [0.717, 1.165) is 4.88 Å². The largest absolute Gasteiger partial charge is 0.253 e. The first-order valence-corrected chi connectivity index (χ1v) is 7.83. The van der Waals surface area contributed by atoms with Crippen molar-refractivity contribution in [2.24, 2.45) is 0 Å². The summed E-state index contributed by atoms with van der Waals surface area (Å²) in [5.41, 5.74) is 1.86. The number of nitriles is 1. The number of sulfonamides is 1. The van der Waals surface area contributed by atoms with Crippen LogP contribution in [0.25, 0.3) is 0 Å². The SMILES string of the molecule is N#Cc1ccc(Cl)c(S(=O)(=O)NCc2cncs2)c1. The summed E-state index contributed by atoms with van der Waals surface area (Å²) in [5.74, 6) is 0. The number of halogens is 1. The van der Waals surface area contributed by atoms with Gasteiger partial charge in [0, 0.05) is 17.6 Å². The molecular formula is C11H8ClN3O2S2. The summed E-state index contributed by atoms with van der Waals surface area (Å²) in [7, 11) is -3.75. The first-order valence-electron chi connectivity index (χ1n) is 5.09. The van der Waals surface area contributed by atoms with E-state index in [0.29, 0.717) is 0 Å². The van der Waals surface area contributed by atoms with Crippen molar-refractivity contribution in [3.63, 3.8) is 0 Å². The van der Waals surface area contributed by atoms with Crippen LogP contribution in [-0.4, -0.2) is 13.4 Å². The molecule has 19 heavy (non-hydrogen) atoms. The Morgan fingerprint density at radius 2 is 2.26 bits per heavy atom. The van der Waals surface area contributed by atoms with E-state index < -0.39 is 10.0 Å². The van der Waals surface area contributed by atoms with Crippen LogP contribution in [0.4, 0.5) is 0 Å². The summed E-state index contributed by atoms with van der Waals surface area (Å²) in [6.45, 7) is 0.139. The molecule has 2 rings (SSSR count). The maximum absolute atomic E-state index is 12.1. The van der Waals surface area contributed by atoms with Crippen molar-refractivity contribution in [1.29, 1.82) is 5.26 Å². The molecule has 1 aromatic carbocycles. The Hall–Kier alpha value is -1.46. The van der Waals surface area contributed by atoms with Crippen LogP contribution in [0.15, 0.2) is 34.8 Å². The Labute approximate surface area is 119 Å². The molecule has 1 aromatic heterocycles. The molecule has 0 atom stereocenters. The van der Waals surface area contributed by atoms with Crippen molar-refractivity contribution in [3.8, 4) is 6.07 Å². The van der Waals surface area contributed by atoms with Crippen molar-refractivity contribution >= 4 is 33.0 Å². The van der Waals surface area contributed by atoms with Crippen LogP contribution in [-0.2, 0) is 16.6 Å². The predicted octanol–water partition coefficient (Wildman–Crippen LogP) is 2.15. The molecule has 1 heterocycles. The number of nitrogens with zero attached hydrogens (tertiary/aromatic N) is 2. The second kappa shape index (κ2) is 5.67. The molecule has 5 nitrogen and oxygen atoms in total. The molecule has 0 spiro atoms. The number of aromatic nitrogens is 1. The van der Waals surface area contributed by atoms with E-state index in [1.165, 1.54) is 29.5 Å². The maximum atomic E-state index is 12.1. The lowest BCUT2D eigenvalue weighted by atomic mass is 10.2. The first-order chi connectivity index (χ1) is 9.03. The highest BCUT2D eigenvalue weighted by atomic mass is 35.5. The van der Waals surface area contributed by atoms with Crippen molar-refractivity contribution in [1.82, 2.24) is 9.71 Å². The van der Waals surface area contributed by atoms with Crippen LogP contribution in [0, 0.1) is 11.3 Å². The molecule has 8 heteroatoms. The molecule has 0 aliphatic rings. The van der Waals surface area contributed by atoms with Gasteiger partial charge in [0.25, 0.3) is 0 Å². The number of nitrogens with one attached hydrogen (secondary N) is 1. The third kappa shape index (κ3) is 3.30. The summed E-state index contributed by atoms with van der Waals surface area (Å²) in [6, 6.07) is 5.98. The fourth-order valence-electron chi connectivity index (χ4n) is 1.35. The molecular weight excluding hydrogens is 306 g/mol. The van der Waals surface area contributed by atoms with Gasteiger partial charge in [-0.3, -0.25) is 4.98 Å². The Morgan fingerprint density at radius 1 is 1.47 bits per heavy atom. The molecule has 0 saturated heterocycles. The van der Waals surface area contributed by atoms with E-state index in [4.69, 9.17) is 16.9 Å². The quantitative estimate of drug-likeness (QED) is 0.937. The normalized spacial score (nSPS) is 11.2. The zero-order valence-corrected chi connectivity index (χ0v) is 11.9. The second-order valence-corrected chi connectivity index (χ2v) is 6.66. The zero-order chi connectivity index (χ0) is 13.9. The van der Waals surface area contributed by atoms with Gasteiger partial charge in [0.2, 0.25) is 10.0 Å². The molecule has 2 aromatic rings. The number of benzene rings is 1. The highest BCUT2D eigenvalue weighted by molar-refractivity contribution is 7.89. The third-order valence-electron chi connectivity index (χ3n) is 2.27. The van der Waals surface area contributed by atoms with E-state index >= 15 is 0 Å². The van der Waals surface area contributed by atoms with Gasteiger partial charge in [-0.1, -0.05) is 11.6 Å². The minimum absolute atomic E-state index is 0.0794. The monoisotopic (exact) mass is 313 g/mol. The summed E-state index contributed by atoms with van der Waals surface area (Å²) < 4.78 is 26.6. The highest BCUT2D eigenvalue weighted by Gasteiger charge is 2.18. The fourth-order valence-corrected chi connectivity index (χ4v) is 3.51. The van der Waals surface area contributed by atoms with Crippen molar-refractivity contribution < 1.29 is 8.42 Å². The van der Waals surface area contributed by atoms with Gasteiger partial charge in [-0.15, -0.1) is 11.3 Å².